The molecule has 0 bridgehead atoms. The zero-order chi connectivity index (χ0) is 13.3. The highest BCUT2D eigenvalue weighted by molar-refractivity contribution is 9.10. The summed E-state index contributed by atoms with van der Waals surface area (Å²) in [5.41, 5.74) is 0.413. The topological polar surface area (TPSA) is 73.6 Å². The molecular formula is C11H11BrN2O4. The van der Waals surface area contributed by atoms with Gasteiger partial charge in [-0.2, -0.15) is 5.10 Å². The minimum absolute atomic E-state index is 0.0228. The number of halogens is 1. The van der Waals surface area contributed by atoms with Gasteiger partial charge >= 0.3 is 5.97 Å². The van der Waals surface area contributed by atoms with Crippen LogP contribution in [0.5, 0.6) is 5.75 Å². The summed E-state index contributed by atoms with van der Waals surface area (Å²) >= 11 is 3.37. The summed E-state index contributed by atoms with van der Waals surface area (Å²) in [5.74, 6) is -0.861. The van der Waals surface area contributed by atoms with Crippen LogP contribution in [0.2, 0.25) is 0 Å². The standard InChI is InChI=1S/C11H11BrN2O4/c1-14-4-6-7(12)3-8(18-5-17-2)9(11(15)16)10(6)13-14/h3-4H,5H2,1-2H3,(H,15,16). The zero-order valence-electron chi connectivity index (χ0n) is 9.81. The fraction of sp³-hybridized carbons (Fsp3) is 0.273. The average Bonchev–Trinajstić information content (AvgIpc) is 2.67. The third-order valence-electron chi connectivity index (χ3n) is 2.37. The quantitative estimate of drug-likeness (QED) is 0.874. The number of rotatable bonds is 4. The summed E-state index contributed by atoms with van der Waals surface area (Å²) < 4.78 is 12.3. The van der Waals surface area contributed by atoms with Crippen LogP contribution in [0.3, 0.4) is 0 Å². The molecule has 0 spiro atoms. The molecule has 2 rings (SSSR count). The number of ether oxygens (including phenoxy) is 2. The number of fused-ring (bicyclic) bond motifs is 1. The van der Waals surface area contributed by atoms with E-state index in [1.807, 2.05) is 0 Å². The van der Waals surface area contributed by atoms with Crippen LogP contribution in [0.25, 0.3) is 10.9 Å². The van der Waals surface area contributed by atoms with Gasteiger partial charge in [0.25, 0.3) is 0 Å². The summed E-state index contributed by atoms with van der Waals surface area (Å²) in [4.78, 5) is 11.3. The van der Waals surface area contributed by atoms with Gasteiger partial charge in [0.15, 0.2) is 6.79 Å². The van der Waals surface area contributed by atoms with Crippen LogP contribution in [0.1, 0.15) is 10.4 Å². The molecule has 18 heavy (non-hydrogen) atoms. The molecule has 0 amide bonds. The molecule has 0 aliphatic heterocycles. The van der Waals surface area contributed by atoms with Crippen molar-refractivity contribution < 1.29 is 19.4 Å². The Balaban J connectivity index is 2.69. The molecule has 0 saturated heterocycles. The molecule has 1 N–H and O–H groups in total. The van der Waals surface area contributed by atoms with Gasteiger partial charge < -0.3 is 14.6 Å². The van der Waals surface area contributed by atoms with Gasteiger partial charge in [-0.1, -0.05) is 0 Å². The Labute approximate surface area is 111 Å². The number of methoxy groups -OCH3 is 1. The summed E-state index contributed by atoms with van der Waals surface area (Å²) in [6.07, 6.45) is 1.74. The summed E-state index contributed by atoms with van der Waals surface area (Å²) in [6, 6.07) is 1.60. The predicted octanol–water partition coefficient (Wildman–Crippen LogP) is 2.02. The lowest BCUT2D eigenvalue weighted by atomic mass is 10.1. The number of aryl methyl sites for hydroxylation is 1. The lowest BCUT2D eigenvalue weighted by molar-refractivity contribution is 0.0485. The molecule has 0 fully saturated rings. The first kappa shape index (κ1) is 12.8. The monoisotopic (exact) mass is 314 g/mol. The fourth-order valence-electron chi connectivity index (χ4n) is 1.67. The van der Waals surface area contributed by atoms with Crippen molar-refractivity contribution in [1.82, 2.24) is 9.78 Å². The Morgan fingerprint density at radius 3 is 2.94 bits per heavy atom. The van der Waals surface area contributed by atoms with E-state index in [9.17, 15) is 9.90 Å². The van der Waals surface area contributed by atoms with Crippen LogP contribution in [-0.4, -0.2) is 34.8 Å². The maximum atomic E-state index is 11.3. The Morgan fingerprint density at radius 2 is 2.33 bits per heavy atom. The van der Waals surface area contributed by atoms with Crippen molar-refractivity contribution >= 4 is 32.8 Å². The van der Waals surface area contributed by atoms with Crippen molar-refractivity contribution in [1.29, 1.82) is 0 Å². The highest BCUT2D eigenvalue weighted by Gasteiger charge is 2.20. The maximum absolute atomic E-state index is 11.3. The smallest absolute Gasteiger partial charge is 0.341 e. The van der Waals surface area contributed by atoms with E-state index in [1.165, 1.54) is 7.11 Å². The molecule has 0 radical (unpaired) electrons. The second-order valence-electron chi connectivity index (χ2n) is 3.65. The van der Waals surface area contributed by atoms with Crippen LogP contribution >= 0.6 is 15.9 Å². The Kier molecular flexibility index (Phi) is 3.53. The second-order valence-corrected chi connectivity index (χ2v) is 4.51. The van der Waals surface area contributed by atoms with Crippen molar-refractivity contribution in [2.24, 2.45) is 7.05 Å². The Morgan fingerprint density at radius 1 is 1.61 bits per heavy atom. The van der Waals surface area contributed by atoms with Gasteiger partial charge in [0, 0.05) is 30.2 Å². The van der Waals surface area contributed by atoms with Gasteiger partial charge in [0.2, 0.25) is 0 Å². The van der Waals surface area contributed by atoms with Gasteiger partial charge in [0.05, 0.1) is 0 Å². The second kappa shape index (κ2) is 4.95. The van der Waals surface area contributed by atoms with Crippen molar-refractivity contribution in [3.63, 3.8) is 0 Å². The molecule has 1 aromatic heterocycles. The molecule has 0 atom stereocenters. The summed E-state index contributed by atoms with van der Waals surface area (Å²) in [7, 11) is 3.20. The van der Waals surface area contributed by atoms with Crippen LogP contribution in [-0.2, 0) is 11.8 Å². The molecule has 7 heteroatoms. The molecule has 0 aliphatic carbocycles. The molecule has 6 nitrogen and oxygen atoms in total. The van der Waals surface area contributed by atoms with Gasteiger partial charge in [0.1, 0.15) is 16.8 Å². The Hall–Kier alpha value is -1.60. The first-order valence-electron chi connectivity index (χ1n) is 5.05. The number of aromatic nitrogens is 2. The average molecular weight is 315 g/mol. The highest BCUT2D eigenvalue weighted by atomic mass is 79.9. The molecule has 1 aromatic carbocycles. The molecule has 1 heterocycles. The van der Waals surface area contributed by atoms with Crippen LogP contribution < -0.4 is 4.74 Å². The van der Waals surface area contributed by atoms with E-state index in [4.69, 9.17) is 9.47 Å². The predicted molar refractivity (Wildman–Crippen MR) is 67.9 cm³/mol. The van der Waals surface area contributed by atoms with Crippen LogP contribution in [0.4, 0.5) is 0 Å². The molecule has 0 unspecified atom stereocenters. The number of nitrogens with zero attached hydrogens (tertiary/aromatic N) is 2. The molecule has 0 saturated carbocycles. The van der Waals surface area contributed by atoms with Crippen LogP contribution in [0.15, 0.2) is 16.7 Å². The van der Waals surface area contributed by atoms with Gasteiger partial charge in [-0.3, -0.25) is 4.68 Å². The van der Waals surface area contributed by atoms with Gasteiger partial charge in [-0.25, -0.2) is 4.79 Å². The Bertz CT molecular complexity index is 609. The molecule has 96 valence electrons. The first-order chi connectivity index (χ1) is 8.54. The van der Waals surface area contributed by atoms with E-state index in [0.717, 1.165) is 9.86 Å². The van der Waals surface area contributed by atoms with Crippen molar-refractivity contribution in [3.8, 4) is 5.75 Å². The third-order valence-corrected chi connectivity index (χ3v) is 3.03. The van der Waals surface area contributed by atoms with E-state index in [-0.39, 0.29) is 18.1 Å². The minimum Gasteiger partial charge on any atom is -0.477 e. The van der Waals surface area contributed by atoms with Crippen molar-refractivity contribution in [2.45, 2.75) is 0 Å². The largest absolute Gasteiger partial charge is 0.477 e. The number of hydrogen-bond donors (Lipinski definition) is 1. The number of aromatic carboxylic acids is 1. The normalized spacial score (nSPS) is 10.8. The van der Waals surface area contributed by atoms with Gasteiger partial charge in [-0.05, 0) is 22.0 Å². The molecular weight excluding hydrogens is 304 g/mol. The van der Waals surface area contributed by atoms with E-state index in [1.54, 1.807) is 24.0 Å². The lowest BCUT2D eigenvalue weighted by Crippen LogP contribution is -2.06. The minimum atomic E-state index is -1.09. The number of carbonyl (C=O) groups is 1. The van der Waals surface area contributed by atoms with Gasteiger partial charge in [-0.15, -0.1) is 0 Å². The summed E-state index contributed by atoms with van der Waals surface area (Å²) in [5, 5.41) is 14.1. The zero-order valence-corrected chi connectivity index (χ0v) is 11.4. The molecule has 0 aliphatic rings. The highest BCUT2D eigenvalue weighted by Crippen LogP contribution is 2.33. The van der Waals surface area contributed by atoms with E-state index >= 15 is 0 Å². The van der Waals surface area contributed by atoms with E-state index in [0.29, 0.717) is 5.52 Å². The SMILES string of the molecule is COCOc1cc(Br)c2cn(C)nc2c1C(=O)O. The number of carboxylic acids is 1. The lowest BCUT2D eigenvalue weighted by Gasteiger charge is -2.09. The number of benzene rings is 1. The van der Waals surface area contributed by atoms with E-state index < -0.39 is 5.97 Å². The van der Waals surface area contributed by atoms with Crippen LogP contribution in [0, 0.1) is 0 Å². The number of carboxylic acid groups (broad SMARTS) is 1. The summed E-state index contributed by atoms with van der Waals surface area (Å²) in [6.45, 7) is -0.0228. The fourth-order valence-corrected chi connectivity index (χ4v) is 2.17. The van der Waals surface area contributed by atoms with Crippen molar-refractivity contribution in [2.75, 3.05) is 13.9 Å². The first-order valence-corrected chi connectivity index (χ1v) is 5.84. The van der Waals surface area contributed by atoms with E-state index in [2.05, 4.69) is 21.0 Å². The number of hydrogen-bond acceptors (Lipinski definition) is 4. The third kappa shape index (κ3) is 2.19. The van der Waals surface area contributed by atoms with Crippen molar-refractivity contribution in [3.05, 3.63) is 22.3 Å². The molecule has 2 aromatic rings. The maximum Gasteiger partial charge on any atom is 0.341 e.